The lowest BCUT2D eigenvalue weighted by Gasteiger charge is -2.20. The first kappa shape index (κ1) is 8.73. The van der Waals surface area contributed by atoms with Crippen molar-refractivity contribution in [2.24, 2.45) is 0 Å². The maximum atomic E-state index is 9.46. The summed E-state index contributed by atoms with van der Waals surface area (Å²) in [6.45, 7) is 0.0867. The lowest BCUT2D eigenvalue weighted by Crippen LogP contribution is -2.18. The highest BCUT2D eigenvalue weighted by Crippen LogP contribution is 2.22. The fourth-order valence-corrected chi connectivity index (χ4v) is 1.89. The molecule has 1 aromatic carbocycles. The second-order valence-corrected chi connectivity index (χ2v) is 3.66. The lowest BCUT2D eigenvalue weighted by atomic mass is 9.89. The van der Waals surface area contributed by atoms with Crippen molar-refractivity contribution in [3.63, 3.8) is 0 Å². The highest BCUT2D eigenvalue weighted by atomic mass is 16.3. The summed E-state index contributed by atoms with van der Waals surface area (Å²) in [6, 6.07) is 6.01. The van der Waals surface area contributed by atoms with Gasteiger partial charge in [-0.15, -0.1) is 0 Å². The molecule has 0 amide bonds. The fraction of sp³-hybridized carbons (Fsp3) is 0.455. The average molecular weight is 178 g/mol. The van der Waals surface area contributed by atoms with Crippen molar-refractivity contribution in [1.29, 1.82) is 0 Å². The van der Waals surface area contributed by atoms with Gasteiger partial charge in [-0.05, 0) is 36.0 Å². The van der Waals surface area contributed by atoms with E-state index in [1.165, 1.54) is 11.1 Å². The molecular formula is C11H14O2. The minimum atomic E-state index is -0.193. The van der Waals surface area contributed by atoms with E-state index < -0.39 is 0 Å². The Balaban J connectivity index is 2.32. The van der Waals surface area contributed by atoms with Crippen LogP contribution in [-0.2, 0) is 19.4 Å². The Labute approximate surface area is 77.8 Å². The Morgan fingerprint density at radius 1 is 1.31 bits per heavy atom. The number of aliphatic hydroxyl groups is 2. The Kier molecular flexibility index (Phi) is 2.34. The minimum Gasteiger partial charge on any atom is -0.393 e. The number of fused-ring (bicyclic) bond motifs is 1. The number of aliphatic hydroxyl groups excluding tert-OH is 2. The molecule has 13 heavy (non-hydrogen) atoms. The number of rotatable bonds is 1. The summed E-state index contributed by atoms with van der Waals surface area (Å²) in [7, 11) is 0. The second kappa shape index (κ2) is 3.48. The third-order valence-corrected chi connectivity index (χ3v) is 2.66. The van der Waals surface area contributed by atoms with Crippen LogP contribution in [0.4, 0.5) is 0 Å². The van der Waals surface area contributed by atoms with Gasteiger partial charge in [-0.1, -0.05) is 18.2 Å². The van der Waals surface area contributed by atoms with Crippen LogP contribution in [0.1, 0.15) is 23.1 Å². The van der Waals surface area contributed by atoms with Crippen LogP contribution in [0, 0.1) is 0 Å². The molecule has 2 nitrogen and oxygen atoms in total. The van der Waals surface area contributed by atoms with Crippen LogP contribution in [0.3, 0.4) is 0 Å². The topological polar surface area (TPSA) is 40.5 Å². The van der Waals surface area contributed by atoms with Gasteiger partial charge < -0.3 is 10.2 Å². The van der Waals surface area contributed by atoms with Crippen LogP contribution in [0.5, 0.6) is 0 Å². The van der Waals surface area contributed by atoms with Crippen molar-refractivity contribution in [2.45, 2.75) is 32.0 Å². The quantitative estimate of drug-likeness (QED) is 0.674. The van der Waals surface area contributed by atoms with Gasteiger partial charge >= 0.3 is 0 Å². The maximum absolute atomic E-state index is 9.46. The van der Waals surface area contributed by atoms with E-state index in [1.54, 1.807) is 0 Å². The molecule has 1 atom stereocenters. The average Bonchev–Trinajstić information content (AvgIpc) is 2.16. The first-order valence-corrected chi connectivity index (χ1v) is 4.69. The van der Waals surface area contributed by atoms with Crippen LogP contribution in [0.2, 0.25) is 0 Å². The van der Waals surface area contributed by atoms with Gasteiger partial charge in [0, 0.05) is 0 Å². The van der Waals surface area contributed by atoms with Gasteiger partial charge in [0.05, 0.1) is 12.7 Å². The van der Waals surface area contributed by atoms with E-state index >= 15 is 0 Å². The van der Waals surface area contributed by atoms with E-state index in [9.17, 15) is 5.11 Å². The zero-order valence-electron chi connectivity index (χ0n) is 7.53. The number of hydrogen-bond donors (Lipinski definition) is 2. The summed E-state index contributed by atoms with van der Waals surface area (Å²) in [6.07, 6.45) is 2.37. The Hall–Kier alpha value is -0.860. The molecule has 0 aromatic heterocycles. The smallest absolute Gasteiger partial charge is 0.0681 e. The SMILES string of the molecule is OCc1ccc2c(c1)CC(O)CC2. The first-order chi connectivity index (χ1) is 6.29. The van der Waals surface area contributed by atoms with E-state index in [1.807, 2.05) is 12.1 Å². The number of aryl methyl sites for hydroxylation is 1. The number of hydrogen-bond acceptors (Lipinski definition) is 2. The zero-order valence-corrected chi connectivity index (χ0v) is 7.53. The van der Waals surface area contributed by atoms with Crippen molar-refractivity contribution in [3.8, 4) is 0 Å². The van der Waals surface area contributed by atoms with E-state index in [0.29, 0.717) is 0 Å². The molecule has 0 aliphatic heterocycles. The molecule has 0 heterocycles. The summed E-state index contributed by atoms with van der Waals surface area (Å²) < 4.78 is 0. The molecule has 0 radical (unpaired) electrons. The largest absolute Gasteiger partial charge is 0.393 e. The molecule has 2 rings (SSSR count). The van der Waals surface area contributed by atoms with Crippen LogP contribution in [-0.4, -0.2) is 16.3 Å². The molecule has 1 aromatic rings. The Morgan fingerprint density at radius 3 is 2.92 bits per heavy atom. The normalized spacial score (nSPS) is 21.2. The van der Waals surface area contributed by atoms with Crippen molar-refractivity contribution in [1.82, 2.24) is 0 Å². The second-order valence-electron chi connectivity index (χ2n) is 3.66. The molecule has 2 heteroatoms. The van der Waals surface area contributed by atoms with Crippen molar-refractivity contribution >= 4 is 0 Å². The van der Waals surface area contributed by atoms with E-state index in [0.717, 1.165) is 24.8 Å². The molecule has 0 fully saturated rings. The van der Waals surface area contributed by atoms with Crippen LogP contribution in [0.25, 0.3) is 0 Å². The molecule has 70 valence electrons. The molecule has 0 saturated carbocycles. The van der Waals surface area contributed by atoms with Gasteiger partial charge in [0.25, 0.3) is 0 Å². The molecule has 0 saturated heterocycles. The highest BCUT2D eigenvalue weighted by molar-refractivity contribution is 5.34. The molecule has 1 unspecified atom stereocenters. The molecule has 1 aliphatic rings. The van der Waals surface area contributed by atoms with E-state index in [4.69, 9.17) is 5.11 Å². The molecule has 0 bridgehead atoms. The lowest BCUT2D eigenvalue weighted by molar-refractivity contribution is 0.158. The summed E-state index contributed by atoms with van der Waals surface area (Å²) in [5.41, 5.74) is 3.46. The summed E-state index contributed by atoms with van der Waals surface area (Å²) in [4.78, 5) is 0. The Bertz CT molecular complexity index is 307. The van der Waals surface area contributed by atoms with Crippen LogP contribution >= 0.6 is 0 Å². The predicted molar refractivity (Wildman–Crippen MR) is 50.4 cm³/mol. The zero-order chi connectivity index (χ0) is 9.26. The van der Waals surface area contributed by atoms with Crippen LogP contribution < -0.4 is 0 Å². The highest BCUT2D eigenvalue weighted by Gasteiger charge is 2.15. The van der Waals surface area contributed by atoms with Crippen molar-refractivity contribution < 1.29 is 10.2 Å². The van der Waals surface area contributed by atoms with Gasteiger partial charge in [0.1, 0.15) is 0 Å². The van der Waals surface area contributed by atoms with Gasteiger partial charge in [-0.25, -0.2) is 0 Å². The van der Waals surface area contributed by atoms with E-state index in [2.05, 4.69) is 6.07 Å². The minimum absolute atomic E-state index is 0.0867. The maximum Gasteiger partial charge on any atom is 0.0681 e. The van der Waals surface area contributed by atoms with Crippen molar-refractivity contribution in [2.75, 3.05) is 0 Å². The molecule has 2 N–H and O–H groups in total. The van der Waals surface area contributed by atoms with Crippen LogP contribution in [0.15, 0.2) is 18.2 Å². The third-order valence-electron chi connectivity index (χ3n) is 2.66. The molecule has 0 spiro atoms. The standard InChI is InChI=1S/C11H14O2/c12-7-8-1-2-9-3-4-11(13)6-10(9)5-8/h1-2,5,11-13H,3-4,6-7H2. The number of benzene rings is 1. The predicted octanol–water partition coefficient (Wildman–Crippen LogP) is 1.03. The van der Waals surface area contributed by atoms with Gasteiger partial charge in [-0.3, -0.25) is 0 Å². The Morgan fingerprint density at radius 2 is 2.15 bits per heavy atom. The summed E-state index contributed by atoms with van der Waals surface area (Å²) >= 11 is 0. The first-order valence-electron chi connectivity index (χ1n) is 4.69. The van der Waals surface area contributed by atoms with Gasteiger partial charge in [-0.2, -0.15) is 0 Å². The third kappa shape index (κ3) is 1.74. The van der Waals surface area contributed by atoms with Gasteiger partial charge in [0.2, 0.25) is 0 Å². The van der Waals surface area contributed by atoms with Crippen molar-refractivity contribution in [3.05, 3.63) is 34.9 Å². The monoisotopic (exact) mass is 178 g/mol. The molecule has 1 aliphatic carbocycles. The summed E-state index contributed by atoms with van der Waals surface area (Å²) in [5.74, 6) is 0. The summed E-state index contributed by atoms with van der Waals surface area (Å²) in [5, 5.41) is 18.4. The fourth-order valence-electron chi connectivity index (χ4n) is 1.89. The van der Waals surface area contributed by atoms with E-state index in [-0.39, 0.29) is 12.7 Å². The molecular weight excluding hydrogens is 164 g/mol. The van der Waals surface area contributed by atoms with Gasteiger partial charge in [0.15, 0.2) is 0 Å².